The van der Waals surface area contributed by atoms with Gasteiger partial charge < -0.3 is 13.9 Å². The predicted octanol–water partition coefficient (Wildman–Crippen LogP) is 9.63. The van der Waals surface area contributed by atoms with E-state index in [2.05, 4.69) is 4.98 Å². The molecule has 7 heteroatoms. The minimum Gasteiger partial charge on any atom is -0.478 e. The van der Waals surface area contributed by atoms with Gasteiger partial charge in [-0.25, -0.2) is 18.6 Å². The molecule has 0 unspecified atom stereocenters. The van der Waals surface area contributed by atoms with Crippen molar-refractivity contribution in [2.75, 3.05) is 0 Å². The monoisotopic (exact) mass is 553 g/mol. The van der Waals surface area contributed by atoms with Crippen molar-refractivity contribution in [3.05, 3.63) is 89.0 Å². The van der Waals surface area contributed by atoms with Crippen molar-refractivity contribution < 1.29 is 27.5 Å². The van der Waals surface area contributed by atoms with Crippen LogP contribution < -0.4 is 0 Å². The van der Waals surface area contributed by atoms with E-state index in [9.17, 15) is 9.90 Å². The van der Waals surface area contributed by atoms with Gasteiger partial charge in [-0.2, -0.15) is 0 Å². The minimum atomic E-state index is -1.28. The van der Waals surface area contributed by atoms with Crippen molar-refractivity contribution in [2.45, 2.75) is 52.4 Å². The molecule has 5 nitrogen and oxygen atoms in total. The highest BCUT2D eigenvalue weighted by molar-refractivity contribution is 6.11. The van der Waals surface area contributed by atoms with Crippen LogP contribution in [0.15, 0.2) is 69.5 Å². The van der Waals surface area contributed by atoms with Gasteiger partial charge >= 0.3 is 5.97 Å². The van der Waals surface area contributed by atoms with Crippen molar-refractivity contribution in [3.8, 4) is 22.8 Å². The summed E-state index contributed by atoms with van der Waals surface area (Å²) < 4.78 is 42.3. The van der Waals surface area contributed by atoms with E-state index in [1.807, 2.05) is 53.7 Å². The lowest BCUT2D eigenvalue weighted by Gasteiger charge is -2.18. The van der Waals surface area contributed by atoms with Crippen LogP contribution >= 0.6 is 0 Å². The number of para-hydroxylation sites is 1. The van der Waals surface area contributed by atoms with Gasteiger partial charge in [0.1, 0.15) is 17.0 Å². The molecule has 3 heterocycles. The maximum atomic E-state index is 15.2. The second kappa shape index (κ2) is 8.99. The lowest BCUT2D eigenvalue weighted by molar-refractivity contribution is 0.0698. The number of fused-ring (bicyclic) bond motifs is 3. The summed E-state index contributed by atoms with van der Waals surface area (Å²) >= 11 is 0. The van der Waals surface area contributed by atoms with E-state index >= 15 is 8.78 Å². The zero-order chi connectivity index (χ0) is 29.4. The molecular formula is C34H29F2NO4. The molecule has 0 spiro atoms. The molecule has 6 aromatic rings. The Balaban J connectivity index is 1.66. The number of nitrogens with zero attached hydrogens (tertiary/aromatic N) is 1. The van der Waals surface area contributed by atoms with Crippen LogP contribution in [0.5, 0.6) is 0 Å². The van der Waals surface area contributed by atoms with E-state index in [1.165, 1.54) is 12.1 Å². The van der Waals surface area contributed by atoms with Crippen LogP contribution in [0.2, 0.25) is 0 Å². The SMILES string of the molecule is CC(C)(C)c1cc(F)c2oc(-c3nc4ccccc4c(-c4cc5cc(C(C)(C)C)cc(F)c5o4)c3C(=O)O)cc2c1. The fourth-order valence-electron chi connectivity index (χ4n) is 5.18. The first-order valence-electron chi connectivity index (χ1n) is 13.4. The molecular weight excluding hydrogens is 524 g/mol. The molecule has 0 bridgehead atoms. The first-order chi connectivity index (χ1) is 19.2. The average Bonchev–Trinajstić information content (AvgIpc) is 3.51. The molecule has 0 radical (unpaired) electrons. The summed E-state index contributed by atoms with van der Waals surface area (Å²) in [6, 6.07) is 16.9. The number of pyridine rings is 1. The number of halogens is 2. The normalized spacial score (nSPS) is 12.6. The summed E-state index contributed by atoms with van der Waals surface area (Å²) in [7, 11) is 0. The lowest BCUT2D eigenvalue weighted by Crippen LogP contribution is -2.11. The molecule has 3 aromatic heterocycles. The van der Waals surface area contributed by atoms with Crippen LogP contribution in [0.3, 0.4) is 0 Å². The smallest absolute Gasteiger partial charge is 0.338 e. The molecule has 0 aliphatic heterocycles. The Morgan fingerprint density at radius 3 is 1.80 bits per heavy atom. The standard InChI is InChI=1S/C34H29F2NO4/c1-33(2,3)19-11-17-13-25(40-30(17)22(35)15-19)27-21-9-7-8-10-24(21)37-29(28(27)32(38)39)26-14-18-12-20(34(4,5)6)16-23(36)31(18)41-26/h7-16H,1-6H3,(H,38,39). The molecule has 0 fully saturated rings. The van der Waals surface area contributed by atoms with E-state index in [4.69, 9.17) is 8.83 Å². The molecule has 0 aliphatic rings. The molecule has 41 heavy (non-hydrogen) atoms. The zero-order valence-electron chi connectivity index (χ0n) is 23.6. The number of aromatic carboxylic acids is 1. The second-order valence-electron chi connectivity index (χ2n) is 12.5. The van der Waals surface area contributed by atoms with Gasteiger partial charge in [-0.3, -0.25) is 0 Å². The third-order valence-electron chi connectivity index (χ3n) is 7.46. The summed E-state index contributed by atoms with van der Waals surface area (Å²) in [6.45, 7) is 11.9. The number of aromatic nitrogens is 1. The van der Waals surface area contributed by atoms with Crippen molar-refractivity contribution >= 4 is 38.8 Å². The summed E-state index contributed by atoms with van der Waals surface area (Å²) in [5, 5.41) is 12.0. The van der Waals surface area contributed by atoms with Crippen LogP contribution in [0, 0.1) is 11.6 Å². The van der Waals surface area contributed by atoms with Gasteiger partial charge in [0.25, 0.3) is 0 Å². The molecule has 0 aliphatic carbocycles. The van der Waals surface area contributed by atoms with E-state index in [0.717, 1.165) is 11.1 Å². The van der Waals surface area contributed by atoms with Crippen molar-refractivity contribution in [1.82, 2.24) is 4.98 Å². The maximum Gasteiger partial charge on any atom is 0.338 e. The third-order valence-corrected chi connectivity index (χ3v) is 7.46. The molecule has 3 aromatic carbocycles. The zero-order valence-corrected chi connectivity index (χ0v) is 23.6. The number of hydrogen-bond donors (Lipinski definition) is 1. The fraction of sp³-hybridized carbons (Fsp3) is 0.235. The second-order valence-corrected chi connectivity index (χ2v) is 12.5. The van der Waals surface area contributed by atoms with Gasteiger partial charge in [0.2, 0.25) is 0 Å². The highest BCUT2D eigenvalue weighted by atomic mass is 19.1. The summed E-state index contributed by atoms with van der Waals surface area (Å²) in [5.41, 5.74) is 1.55. The molecule has 0 saturated heterocycles. The average molecular weight is 554 g/mol. The first-order valence-corrected chi connectivity index (χ1v) is 13.4. The van der Waals surface area contributed by atoms with Crippen molar-refractivity contribution in [1.29, 1.82) is 0 Å². The van der Waals surface area contributed by atoms with Crippen LogP contribution in [-0.2, 0) is 10.8 Å². The Bertz CT molecular complexity index is 2020. The van der Waals surface area contributed by atoms with Gasteiger partial charge in [-0.1, -0.05) is 59.7 Å². The third kappa shape index (κ3) is 4.46. The Morgan fingerprint density at radius 1 is 0.756 bits per heavy atom. The first kappa shape index (κ1) is 26.7. The summed E-state index contributed by atoms with van der Waals surface area (Å²) in [5.74, 6) is -2.07. The van der Waals surface area contributed by atoms with Gasteiger partial charge in [0.15, 0.2) is 28.6 Å². The van der Waals surface area contributed by atoms with Crippen LogP contribution in [-0.4, -0.2) is 16.1 Å². The summed E-state index contributed by atoms with van der Waals surface area (Å²) in [4.78, 5) is 17.6. The molecule has 0 atom stereocenters. The van der Waals surface area contributed by atoms with Gasteiger partial charge in [-0.15, -0.1) is 0 Å². The molecule has 0 saturated carbocycles. The number of carbonyl (C=O) groups is 1. The number of rotatable bonds is 3. The maximum absolute atomic E-state index is 15.2. The molecule has 0 amide bonds. The van der Waals surface area contributed by atoms with Crippen molar-refractivity contribution in [2.24, 2.45) is 0 Å². The van der Waals surface area contributed by atoms with E-state index in [0.29, 0.717) is 21.7 Å². The highest BCUT2D eigenvalue weighted by Gasteiger charge is 2.29. The largest absolute Gasteiger partial charge is 0.478 e. The van der Waals surface area contributed by atoms with E-state index in [1.54, 1.807) is 36.4 Å². The van der Waals surface area contributed by atoms with E-state index in [-0.39, 0.29) is 50.3 Å². The highest BCUT2D eigenvalue weighted by Crippen LogP contribution is 2.42. The quantitative estimate of drug-likeness (QED) is 0.236. The van der Waals surface area contributed by atoms with E-state index < -0.39 is 17.6 Å². The lowest BCUT2D eigenvalue weighted by atomic mass is 9.86. The van der Waals surface area contributed by atoms with Crippen LogP contribution in [0.1, 0.15) is 63.0 Å². The molecule has 208 valence electrons. The number of carboxylic acid groups (broad SMARTS) is 1. The number of furan rings is 2. The predicted molar refractivity (Wildman–Crippen MR) is 156 cm³/mol. The fourth-order valence-corrected chi connectivity index (χ4v) is 5.18. The van der Waals surface area contributed by atoms with Crippen molar-refractivity contribution in [3.63, 3.8) is 0 Å². The number of carboxylic acids is 1. The van der Waals surface area contributed by atoms with Crippen LogP contribution in [0.25, 0.3) is 55.6 Å². The Hall–Kier alpha value is -4.52. The van der Waals surface area contributed by atoms with Gasteiger partial charge in [-0.05, 0) is 64.4 Å². The van der Waals surface area contributed by atoms with Crippen LogP contribution in [0.4, 0.5) is 8.78 Å². The minimum absolute atomic E-state index is 0.0152. The Kier molecular flexibility index (Phi) is 5.86. The Labute approximate surface area is 235 Å². The number of benzene rings is 3. The number of hydrogen-bond acceptors (Lipinski definition) is 4. The Morgan fingerprint density at radius 2 is 1.27 bits per heavy atom. The van der Waals surface area contributed by atoms with Gasteiger partial charge in [0, 0.05) is 21.7 Å². The molecule has 1 N–H and O–H groups in total. The summed E-state index contributed by atoms with van der Waals surface area (Å²) in [6.07, 6.45) is 0. The molecule has 6 rings (SSSR count). The topological polar surface area (TPSA) is 76.5 Å². The van der Waals surface area contributed by atoms with Gasteiger partial charge in [0.05, 0.1) is 5.52 Å².